The van der Waals surface area contributed by atoms with Crippen molar-refractivity contribution in [1.82, 2.24) is 4.90 Å². The molecule has 1 rings (SSSR count). The summed E-state index contributed by atoms with van der Waals surface area (Å²) in [7, 11) is 0. The number of amides is 1. The van der Waals surface area contributed by atoms with Crippen LogP contribution in [0.5, 0.6) is 0 Å². The minimum absolute atomic E-state index is 0.0488. The Bertz CT molecular complexity index is 479. The van der Waals surface area contributed by atoms with Crippen LogP contribution in [0.25, 0.3) is 0 Å². The van der Waals surface area contributed by atoms with E-state index >= 15 is 0 Å². The largest absolute Gasteiger partial charge is 0.465 e. The van der Waals surface area contributed by atoms with Crippen molar-refractivity contribution in [1.29, 1.82) is 0 Å². The first-order valence-electron chi connectivity index (χ1n) is 5.89. The fraction of sp³-hybridized carbons (Fsp3) is 0.385. The molecule has 19 heavy (non-hydrogen) atoms. The van der Waals surface area contributed by atoms with Crippen molar-refractivity contribution in [2.75, 3.05) is 19.7 Å². The number of hydrogen-bond donors (Lipinski definition) is 0. The second kappa shape index (κ2) is 7.69. The van der Waals surface area contributed by atoms with Crippen LogP contribution < -0.4 is 0 Å². The zero-order chi connectivity index (χ0) is 14.4. The minimum Gasteiger partial charge on any atom is -0.465 e. The number of carbonyl (C=O) groups excluding carboxylic acids is 2. The maximum Gasteiger partial charge on any atom is 0.325 e. The summed E-state index contributed by atoms with van der Waals surface area (Å²) in [6.07, 6.45) is 0. The van der Waals surface area contributed by atoms with Crippen LogP contribution in [0.2, 0.25) is 5.02 Å². The quantitative estimate of drug-likeness (QED) is 0.569. The predicted octanol–water partition coefficient (Wildman–Crippen LogP) is 2.97. The van der Waals surface area contributed by atoms with E-state index in [4.69, 9.17) is 16.3 Å². The van der Waals surface area contributed by atoms with Crippen molar-refractivity contribution < 1.29 is 14.3 Å². The number of esters is 1. The highest BCUT2D eigenvalue weighted by molar-refractivity contribution is 14.1. The van der Waals surface area contributed by atoms with Gasteiger partial charge in [-0.3, -0.25) is 9.59 Å². The van der Waals surface area contributed by atoms with Gasteiger partial charge in [-0.15, -0.1) is 0 Å². The molecule has 0 N–H and O–H groups in total. The lowest BCUT2D eigenvalue weighted by molar-refractivity contribution is -0.143. The Balaban J connectivity index is 2.83. The van der Waals surface area contributed by atoms with Gasteiger partial charge < -0.3 is 9.64 Å². The van der Waals surface area contributed by atoms with E-state index in [1.54, 1.807) is 25.1 Å². The van der Waals surface area contributed by atoms with Crippen LogP contribution in [0.15, 0.2) is 18.2 Å². The van der Waals surface area contributed by atoms with Crippen molar-refractivity contribution in [3.05, 3.63) is 32.4 Å². The van der Waals surface area contributed by atoms with Gasteiger partial charge in [0.1, 0.15) is 6.54 Å². The van der Waals surface area contributed by atoms with Gasteiger partial charge >= 0.3 is 5.97 Å². The lowest BCUT2D eigenvalue weighted by Crippen LogP contribution is -2.36. The summed E-state index contributed by atoms with van der Waals surface area (Å²) in [6.45, 7) is 4.23. The Labute approximate surface area is 131 Å². The predicted molar refractivity (Wildman–Crippen MR) is 82.4 cm³/mol. The van der Waals surface area contributed by atoms with Crippen LogP contribution >= 0.6 is 34.2 Å². The molecule has 0 radical (unpaired) electrons. The molecule has 0 heterocycles. The molecular weight excluding hydrogens is 381 g/mol. The van der Waals surface area contributed by atoms with Crippen LogP contribution in [-0.2, 0) is 9.53 Å². The van der Waals surface area contributed by atoms with E-state index in [0.717, 1.165) is 3.57 Å². The fourth-order valence-corrected chi connectivity index (χ4v) is 2.02. The van der Waals surface area contributed by atoms with Crippen molar-refractivity contribution in [3.63, 3.8) is 0 Å². The number of hydrogen-bond acceptors (Lipinski definition) is 3. The smallest absolute Gasteiger partial charge is 0.325 e. The lowest BCUT2D eigenvalue weighted by atomic mass is 10.2. The van der Waals surface area contributed by atoms with Gasteiger partial charge in [-0.05, 0) is 54.6 Å². The van der Waals surface area contributed by atoms with Crippen molar-refractivity contribution in [2.24, 2.45) is 0 Å². The number of likely N-dealkylation sites (N-methyl/N-ethyl adjacent to an activating group) is 1. The molecule has 0 fully saturated rings. The molecule has 0 spiro atoms. The monoisotopic (exact) mass is 395 g/mol. The molecule has 104 valence electrons. The molecule has 0 bridgehead atoms. The summed E-state index contributed by atoms with van der Waals surface area (Å²) in [5, 5.41) is 0.527. The average Bonchev–Trinajstić information content (AvgIpc) is 2.38. The highest BCUT2D eigenvalue weighted by Gasteiger charge is 2.18. The molecule has 0 saturated heterocycles. The second-order valence-electron chi connectivity index (χ2n) is 3.75. The molecule has 0 aliphatic carbocycles. The maximum atomic E-state index is 12.2. The lowest BCUT2D eigenvalue weighted by Gasteiger charge is -2.20. The summed E-state index contributed by atoms with van der Waals surface area (Å²) in [6, 6.07) is 5.08. The number of nitrogens with zero attached hydrogens (tertiary/aromatic N) is 1. The minimum atomic E-state index is -0.408. The summed E-state index contributed by atoms with van der Waals surface area (Å²) in [5.41, 5.74) is 0.469. The molecule has 0 atom stereocenters. The van der Waals surface area contributed by atoms with Gasteiger partial charge in [0.25, 0.3) is 5.91 Å². The van der Waals surface area contributed by atoms with Gasteiger partial charge in [-0.2, -0.15) is 0 Å². The van der Waals surface area contributed by atoms with Crippen LogP contribution in [0.4, 0.5) is 0 Å². The summed E-state index contributed by atoms with van der Waals surface area (Å²) in [5.74, 6) is -0.636. The van der Waals surface area contributed by atoms with Crippen LogP contribution in [0.1, 0.15) is 24.2 Å². The van der Waals surface area contributed by atoms with Crippen LogP contribution in [0.3, 0.4) is 0 Å². The first-order chi connectivity index (χ1) is 8.99. The Hall–Kier alpha value is -0.820. The van der Waals surface area contributed by atoms with Crippen LogP contribution in [0, 0.1) is 3.57 Å². The third-order valence-electron chi connectivity index (χ3n) is 2.46. The first-order valence-corrected chi connectivity index (χ1v) is 7.35. The Morgan fingerprint density at radius 3 is 2.58 bits per heavy atom. The number of carbonyl (C=O) groups is 2. The van der Waals surface area contributed by atoms with Gasteiger partial charge in [0.2, 0.25) is 0 Å². The molecule has 0 aromatic heterocycles. The van der Waals surface area contributed by atoms with Gasteiger partial charge in [0, 0.05) is 15.7 Å². The molecule has 0 aliphatic heterocycles. The highest BCUT2D eigenvalue weighted by atomic mass is 127. The van der Waals surface area contributed by atoms with E-state index < -0.39 is 5.97 Å². The Morgan fingerprint density at radius 2 is 2.05 bits per heavy atom. The third-order valence-corrected chi connectivity index (χ3v) is 4.03. The van der Waals surface area contributed by atoms with Gasteiger partial charge in [0.15, 0.2) is 0 Å². The zero-order valence-corrected chi connectivity index (χ0v) is 13.7. The van der Waals surface area contributed by atoms with E-state index in [1.165, 1.54) is 4.90 Å². The number of ether oxygens (including phenoxy) is 1. The van der Waals surface area contributed by atoms with Crippen molar-refractivity contribution in [2.45, 2.75) is 13.8 Å². The second-order valence-corrected chi connectivity index (χ2v) is 5.32. The van der Waals surface area contributed by atoms with E-state index in [0.29, 0.717) is 23.7 Å². The molecule has 0 aliphatic rings. The summed E-state index contributed by atoms with van der Waals surface area (Å²) >= 11 is 8.08. The van der Waals surface area contributed by atoms with E-state index in [2.05, 4.69) is 22.6 Å². The molecular formula is C13H15ClINO3. The molecule has 1 aromatic rings. The van der Waals surface area contributed by atoms with Crippen LogP contribution in [-0.4, -0.2) is 36.5 Å². The molecule has 0 saturated carbocycles. The standard InChI is InChI=1S/C13H15ClINO3/c1-3-16(8-12(17)19-4-2)13(18)9-5-6-11(15)10(14)7-9/h5-7H,3-4,8H2,1-2H3. The van der Waals surface area contributed by atoms with Crippen molar-refractivity contribution >= 4 is 46.1 Å². The first kappa shape index (κ1) is 16.2. The van der Waals surface area contributed by atoms with E-state index in [1.807, 2.05) is 6.92 Å². The number of benzene rings is 1. The SMILES string of the molecule is CCOC(=O)CN(CC)C(=O)c1ccc(I)c(Cl)c1. The number of halogens is 2. The summed E-state index contributed by atoms with van der Waals surface area (Å²) in [4.78, 5) is 25.1. The number of rotatable bonds is 5. The Kier molecular flexibility index (Phi) is 6.57. The molecule has 0 unspecified atom stereocenters. The maximum absolute atomic E-state index is 12.2. The molecule has 4 nitrogen and oxygen atoms in total. The van der Waals surface area contributed by atoms with Gasteiger partial charge in [0.05, 0.1) is 11.6 Å². The molecule has 1 amide bonds. The topological polar surface area (TPSA) is 46.6 Å². The summed E-state index contributed by atoms with van der Waals surface area (Å²) < 4.78 is 5.72. The van der Waals surface area contributed by atoms with E-state index in [-0.39, 0.29) is 12.5 Å². The zero-order valence-electron chi connectivity index (χ0n) is 10.8. The van der Waals surface area contributed by atoms with Gasteiger partial charge in [-0.1, -0.05) is 11.6 Å². The third kappa shape index (κ3) is 4.65. The van der Waals surface area contributed by atoms with Crippen molar-refractivity contribution in [3.8, 4) is 0 Å². The average molecular weight is 396 g/mol. The van der Waals surface area contributed by atoms with Gasteiger partial charge in [-0.25, -0.2) is 0 Å². The van der Waals surface area contributed by atoms with E-state index in [9.17, 15) is 9.59 Å². The fourth-order valence-electron chi connectivity index (χ4n) is 1.50. The molecule has 6 heteroatoms. The Morgan fingerprint density at radius 1 is 1.37 bits per heavy atom. The molecule has 1 aromatic carbocycles. The highest BCUT2D eigenvalue weighted by Crippen LogP contribution is 2.20. The normalized spacial score (nSPS) is 10.1.